The second-order valence-corrected chi connectivity index (χ2v) is 7.69. The molecule has 1 aliphatic carbocycles. The Hall–Kier alpha value is -2.39. The molecule has 0 unspecified atom stereocenters. The molecule has 2 N–H and O–H groups in total. The maximum atomic E-state index is 12.5. The minimum absolute atomic E-state index is 0.151. The van der Waals surface area contributed by atoms with E-state index in [4.69, 9.17) is 4.42 Å². The molecule has 0 amide bonds. The summed E-state index contributed by atoms with van der Waals surface area (Å²) >= 11 is 2.90. The SMILES string of the molecule is O=c1[nH]c(CSc2n[nH]c(C3CC3)n2)nc2scc(-c3ccco3)c12. The highest BCUT2D eigenvalue weighted by Gasteiger charge is 2.27. The second-order valence-electron chi connectivity index (χ2n) is 5.89. The lowest BCUT2D eigenvalue weighted by molar-refractivity contribution is 0.583. The molecule has 1 aliphatic rings. The Morgan fingerprint density at radius 3 is 3.08 bits per heavy atom. The average Bonchev–Trinajstić information content (AvgIpc) is 3.05. The highest BCUT2D eigenvalue weighted by Crippen LogP contribution is 2.38. The Balaban J connectivity index is 1.41. The van der Waals surface area contributed by atoms with E-state index in [1.165, 1.54) is 35.9 Å². The zero-order chi connectivity index (χ0) is 16.8. The number of H-pyrrole nitrogens is 2. The van der Waals surface area contributed by atoms with E-state index < -0.39 is 0 Å². The summed E-state index contributed by atoms with van der Waals surface area (Å²) in [6.07, 6.45) is 3.96. The molecule has 0 aliphatic heterocycles. The van der Waals surface area contributed by atoms with Gasteiger partial charge in [-0.25, -0.2) is 9.97 Å². The Morgan fingerprint density at radius 2 is 2.28 bits per heavy atom. The van der Waals surface area contributed by atoms with Gasteiger partial charge in [-0.15, -0.1) is 16.4 Å². The second kappa shape index (κ2) is 5.85. The number of thiophene rings is 1. The summed E-state index contributed by atoms with van der Waals surface area (Å²) < 4.78 is 5.41. The van der Waals surface area contributed by atoms with E-state index >= 15 is 0 Å². The van der Waals surface area contributed by atoms with Gasteiger partial charge in [0.25, 0.3) is 5.56 Å². The number of furan rings is 1. The van der Waals surface area contributed by atoms with Gasteiger partial charge in [0.2, 0.25) is 5.16 Å². The standard InChI is InChI=1S/C16H13N5O2S2/c22-14-12-9(10-2-1-5-23-10)6-24-15(12)18-11(17-14)7-25-16-19-13(20-21-16)8-3-4-8/h1-2,5-6,8H,3-4,7H2,(H,17,18,22)(H,19,20,21). The number of aromatic nitrogens is 5. The highest BCUT2D eigenvalue weighted by atomic mass is 32.2. The largest absolute Gasteiger partial charge is 0.464 e. The predicted octanol–water partition coefficient (Wildman–Crippen LogP) is 3.53. The van der Waals surface area contributed by atoms with Gasteiger partial charge in [0, 0.05) is 16.9 Å². The zero-order valence-corrected chi connectivity index (χ0v) is 14.6. The lowest BCUT2D eigenvalue weighted by Gasteiger charge is -1.99. The monoisotopic (exact) mass is 371 g/mol. The van der Waals surface area contributed by atoms with Crippen molar-refractivity contribution < 1.29 is 4.42 Å². The van der Waals surface area contributed by atoms with E-state index in [-0.39, 0.29) is 5.56 Å². The van der Waals surface area contributed by atoms with Gasteiger partial charge in [-0.1, -0.05) is 11.8 Å². The minimum Gasteiger partial charge on any atom is -0.464 e. The van der Waals surface area contributed by atoms with Gasteiger partial charge in [-0.3, -0.25) is 9.89 Å². The molecule has 1 saturated carbocycles. The Morgan fingerprint density at radius 1 is 1.36 bits per heavy atom. The lowest BCUT2D eigenvalue weighted by atomic mass is 10.2. The number of thioether (sulfide) groups is 1. The molecule has 0 spiro atoms. The van der Waals surface area contributed by atoms with E-state index in [0.717, 1.165) is 11.4 Å². The molecule has 25 heavy (non-hydrogen) atoms. The first-order chi connectivity index (χ1) is 12.3. The Kier molecular flexibility index (Phi) is 3.49. The quantitative estimate of drug-likeness (QED) is 0.521. The van der Waals surface area contributed by atoms with Crippen LogP contribution >= 0.6 is 23.1 Å². The van der Waals surface area contributed by atoms with Gasteiger partial charge in [0.15, 0.2) is 0 Å². The first-order valence-electron chi connectivity index (χ1n) is 7.87. The maximum absolute atomic E-state index is 12.5. The van der Waals surface area contributed by atoms with Crippen molar-refractivity contribution in [1.82, 2.24) is 25.1 Å². The fourth-order valence-corrected chi connectivity index (χ4v) is 4.29. The molecule has 4 aromatic heterocycles. The van der Waals surface area contributed by atoms with Crippen molar-refractivity contribution in [3.05, 3.63) is 45.8 Å². The summed E-state index contributed by atoms with van der Waals surface area (Å²) in [7, 11) is 0. The molecule has 0 radical (unpaired) electrons. The number of rotatable bonds is 5. The number of fused-ring (bicyclic) bond motifs is 1. The Bertz CT molecular complexity index is 1090. The summed E-state index contributed by atoms with van der Waals surface area (Å²) in [5.74, 6) is 3.31. The van der Waals surface area contributed by atoms with E-state index in [9.17, 15) is 4.79 Å². The van der Waals surface area contributed by atoms with Crippen molar-refractivity contribution >= 4 is 33.3 Å². The molecule has 4 aromatic rings. The van der Waals surface area contributed by atoms with Crippen LogP contribution < -0.4 is 5.56 Å². The van der Waals surface area contributed by atoms with Crippen LogP contribution in [-0.2, 0) is 5.75 Å². The molecule has 1 fully saturated rings. The molecule has 0 saturated heterocycles. The number of nitrogens with one attached hydrogen (secondary N) is 2. The van der Waals surface area contributed by atoms with Crippen LogP contribution in [0.4, 0.5) is 0 Å². The molecule has 0 bridgehead atoms. The van der Waals surface area contributed by atoms with Crippen molar-refractivity contribution in [3.8, 4) is 11.3 Å². The van der Waals surface area contributed by atoms with Gasteiger partial charge in [0.1, 0.15) is 22.2 Å². The molecular weight excluding hydrogens is 358 g/mol. The van der Waals surface area contributed by atoms with Crippen LogP contribution in [0, 0.1) is 0 Å². The number of nitrogens with zero attached hydrogens (tertiary/aromatic N) is 3. The zero-order valence-electron chi connectivity index (χ0n) is 13.0. The number of hydrogen-bond donors (Lipinski definition) is 2. The van der Waals surface area contributed by atoms with Crippen molar-refractivity contribution in [2.45, 2.75) is 29.7 Å². The highest BCUT2D eigenvalue weighted by molar-refractivity contribution is 7.98. The van der Waals surface area contributed by atoms with Crippen LogP contribution in [0.5, 0.6) is 0 Å². The first kappa shape index (κ1) is 14.9. The fraction of sp³-hybridized carbons (Fsp3) is 0.250. The Labute approximate surface area is 149 Å². The van der Waals surface area contributed by atoms with Crippen LogP contribution in [0.3, 0.4) is 0 Å². The minimum atomic E-state index is -0.151. The molecule has 9 heteroatoms. The smallest absolute Gasteiger partial charge is 0.260 e. The van der Waals surface area contributed by atoms with Crippen molar-refractivity contribution in [1.29, 1.82) is 0 Å². The molecule has 0 atom stereocenters. The topological polar surface area (TPSA) is 100 Å². The third kappa shape index (κ3) is 2.79. The van der Waals surface area contributed by atoms with Gasteiger partial charge in [0.05, 0.1) is 17.4 Å². The van der Waals surface area contributed by atoms with Crippen LogP contribution in [0.1, 0.15) is 30.4 Å². The van der Waals surface area contributed by atoms with Crippen LogP contribution in [0.25, 0.3) is 21.5 Å². The summed E-state index contributed by atoms with van der Waals surface area (Å²) in [5, 5.41) is 10.4. The van der Waals surface area contributed by atoms with Crippen molar-refractivity contribution in [3.63, 3.8) is 0 Å². The first-order valence-corrected chi connectivity index (χ1v) is 9.74. The van der Waals surface area contributed by atoms with Crippen LogP contribution in [0.2, 0.25) is 0 Å². The van der Waals surface area contributed by atoms with Crippen molar-refractivity contribution in [2.24, 2.45) is 0 Å². The number of aromatic amines is 2. The van der Waals surface area contributed by atoms with E-state index in [2.05, 4.69) is 25.1 Å². The van der Waals surface area contributed by atoms with Crippen molar-refractivity contribution in [2.75, 3.05) is 0 Å². The fourth-order valence-electron chi connectivity index (χ4n) is 2.67. The molecule has 0 aromatic carbocycles. The van der Waals surface area contributed by atoms with Crippen LogP contribution in [-0.4, -0.2) is 25.1 Å². The maximum Gasteiger partial charge on any atom is 0.260 e. The normalized spacial score (nSPS) is 14.4. The molecule has 5 rings (SSSR count). The van der Waals surface area contributed by atoms with Gasteiger partial charge >= 0.3 is 0 Å². The average molecular weight is 371 g/mol. The summed E-state index contributed by atoms with van der Waals surface area (Å²) in [5.41, 5.74) is 0.628. The molecule has 126 valence electrons. The number of hydrogen-bond acceptors (Lipinski definition) is 7. The van der Waals surface area contributed by atoms with Gasteiger partial charge in [-0.2, -0.15) is 0 Å². The van der Waals surface area contributed by atoms with Gasteiger partial charge in [-0.05, 0) is 25.0 Å². The molecular formula is C16H13N5O2S2. The summed E-state index contributed by atoms with van der Waals surface area (Å²) in [6, 6.07) is 3.64. The van der Waals surface area contributed by atoms with Crippen LogP contribution in [0.15, 0.2) is 38.1 Å². The van der Waals surface area contributed by atoms with E-state index in [1.807, 2.05) is 11.4 Å². The third-order valence-corrected chi connectivity index (χ3v) is 5.79. The molecule has 7 nitrogen and oxygen atoms in total. The van der Waals surface area contributed by atoms with E-state index in [0.29, 0.717) is 38.6 Å². The lowest BCUT2D eigenvalue weighted by Crippen LogP contribution is -2.10. The van der Waals surface area contributed by atoms with Gasteiger partial charge < -0.3 is 9.40 Å². The summed E-state index contributed by atoms with van der Waals surface area (Å²) in [4.78, 5) is 25.1. The third-order valence-electron chi connectivity index (χ3n) is 4.06. The molecule has 4 heterocycles. The predicted molar refractivity (Wildman–Crippen MR) is 95.9 cm³/mol. The van der Waals surface area contributed by atoms with E-state index in [1.54, 1.807) is 12.3 Å². The summed E-state index contributed by atoms with van der Waals surface area (Å²) in [6.45, 7) is 0.